The Morgan fingerprint density at radius 3 is 1.70 bits per heavy atom. The number of aliphatic hydroxyl groups is 1. The molecule has 0 saturated carbocycles. The van der Waals surface area contributed by atoms with Crippen LogP contribution in [0.15, 0.2) is 0 Å². The summed E-state index contributed by atoms with van der Waals surface area (Å²) in [5.41, 5.74) is -1.51. The van der Waals surface area contributed by atoms with Crippen molar-refractivity contribution in [1.29, 1.82) is 0 Å². The Morgan fingerprint density at radius 1 is 1.30 bits per heavy atom. The van der Waals surface area contributed by atoms with Crippen LogP contribution in [0, 0.1) is 5.41 Å². The van der Waals surface area contributed by atoms with E-state index in [4.69, 9.17) is 0 Å². The minimum atomic E-state index is -1.15. The summed E-state index contributed by atoms with van der Waals surface area (Å²) in [4.78, 5) is 0. The standard InChI is InChI=1S/C8H17FO/c1-5-8(10,6-9)7(2,3)4/h10H,5-6H2,1-4H3. The Hall–Kier alpha value is -0.110. The van der Waals surface area contributed by atoms with Crippen LogP contribution in [-0.2, 0) is 0 Å². The van der Waals surface area contributed by atoms with Gasteiger partial charge >= 0.3 is 0 Å². The number of alkyl halides is 1. The van der Waals surface area contributed by atoms with Gasteiger partial charge < -0.3 is 5.11 Å². The Labute approximate surface area is 62.3 Å². The first-order chi connectivity index (χ1) is 4.37. The fourth-order valence-corrected chi connectivity index (χ4v) is 0.825. The fraction of sp³-hybridized carbons (Fsp3) is 1.00. The van der Waals surface area contributed by atoms with Gasteiger partial charge in [-0.2, -0.15) is 0 Å². The summed E-state index contributed by atoms with van der Waals surface area (Å²) in [5, 5.41) is 9.59. The van der Waals surface area contributed by atoms with E-state index in [1.807, 2.05) is 20.8 Å². The molecule has 1 N–H and O–H groups in total. The van der Waals surface area contributed by atoms with E-state index in [1.165, 1.54) is 0 Å². The maximum absolute atomic E-state index is 12.3. The zero-order valence-electron chi connectivity index (χ0n) is 7.24. The van der Waals surface area contributed by atoms with Gasteiger partial charge in [0.25, 0.3) is 0 Å². The van der Waals surface area contributed by atoms with Gasteiger partial charge in [-0.25, -0.2) is 4.39 Å². The molecule has 0 spiro atoms. The Kier molecular flexibility index (Phi) is 2.84. The average molecular weight is 148 g/mol. The van der Waals surface area contributed by atoms with Crippen molar-refractivity contribution in [2.24, 2.45) is 5.41 Å². The van der Waals surface area contributed by atoms with Crippen LogP contribution in [-0.4, -0.2) is 17.4 Å². The van der Waals surface area contributed by atoms with Gasteiger partial charge in [-0.1, -0.05) is 27.7 Å². The third-order valence-electron chi connectivity index (χ3n) is 2.20. The number of hydrogen-bond donors (Lipinski definition) is 1. The SMILES string of the molecule is CCC(O)(CF)C(C)(C)C. The van der Waals surface area contributed by atoms with Crippen molar-refractivity contribution in [3.8, 4) is 0 Å². The molecule has 1 unspecified atom stereocenters. The molecule has 0 rings (SSSR count). The minimum Gasteiger partial charge on any atom is -0.387 e. The van der Waals surface area contributed by atoms with Crippen molar-refractivity contribution in [3.05, 3.63) is 0 Å². The molecule has 0 aliphatic rings. The highest BCUT2D eigenvalue weighted by Gasteiger charge is 2.38. The maximum Gasteiger partial charge on any atom is 0.119 e. The van der Waals surface area contributed by atoms with E-state index in [1.54, 1.807) is 6.92 Å². The van der Waals surface area contributed by atoms with E-state index in [0.29, 0.717) is 6.42 Å². The van der Waals surface area contributed by atoms with E-state index in [2.05, 4.69) is 0 Å². The smallest absolute Gasteiger partial charge is 0.119 e. The van der Waals surface area contributed by atoms with E-state index in [0.717, 1.165) is 0 Å². The molecule has 0 aromatic carbocycles. The van der Waals surface area contributed by atoms with Gasteiger partial charge in [0.2, 0.25) is 0 Å². The van der Waals surface area contributed by atoms with Gasteiger partial charge in [0.15, 0.2) is 0 Å². The van der Waals surface area contributed by atoms with Crippen molar-refractivity contribution in [2.45, 2.75) is 39.7 Å². The summed E-state index contributed by atoms with van der Waals surface area (Å²) in [6.45, 7) is 6.67. The molecule has 0 aromatic rings. The molecule has 1 nitrogen and oxygen atoms in total. The summed E-state index contributed by atoms with van der Waals surface area (Å²) in [7, 11) is 0. The second kappa shape index (κ2) is 2.87. The predicted octanol–water partition coefficient (Wildman–Crippen LogP) is 2.14. The third kappa shape index (κ3) is 1.69. The van der Waals surface area contributed by atoms with Crippen LogP contribution in [0.5, 0.6) is 0 Å². The molecule has 0 bridgehead atoms. The lowest BCUT2D eigenvalue weighted by Gasteiger charge is -2.37. The first-order valence-electron chi connectivity index (χ1n) is 3.66. The molecule has 0 amide bonds. The van der Waals surface area contributed by atoms with E-state index in [-0.39, 0.29) is 5.41 Å². The summed E-state index contributed by atoms with van der Waals surface area (Å²) in [5.74, 6) is 0. The highest BCUT2D eigenvalue weighted by Crippen LogP contribution is 2.33. The summed E-state index contributed by atoms with van der Waals surface area (Å²) in [6, 6.07) is 0. The number of hydrogen-bond acceptors (Lipinski definition) is 1. The Bertz CT molecular complexity index is 100. The second-order valence-corrected chi connectivity index (χ2v) is 3.77. The highest BCUT2D eigenvalue weighted by atomic mass is 19.1. The number of halogens is 1. The van der Waals surface area contributed by atoms with Crippen LogP contribution >= 0.6 is 0 Å². The van der Waals surface area contributed by atoms with E-state index in [9.17, 15) is 9.50 Å². The first-order valence-corrected chi connectivity index (χ1v) is 3.66. The van der Waals surface area contributed by atoms with Crippen molar-refractivity contribution in [2.75, 3.05) is 6.67 Å². The Balaban J connectivity index is 4.33. The molecule has 0 radical (unpaired) electrons. The zero-order chi connectivity index (χ0) is 8.41. The monoisotopic (exact) mass is 148 g/mol. The quantitative estimate of drug-likeness (QED) is 0.636. The largest absolute Gasteiger partial charge is 0.387 e. The molecular formula is C8H17FO. The van der Waals surface area contributed by atoms with Crippen LogP contribution < -0.4 is 0 Å². The van der Waals surface area contributed by atoms with Crippen LogP contribution in [0.3, 0.4) is 0 Å². The molecule has 2 heteroatoms. The highest BCUT2D eigenvalue weighted by molar-refractivity contribution is 4.88. The fourth-order valence-electron chi connectivity index (χ4n) is 0.825. The lowest BCUT2D eigenvalue weighted by molar-refractivity contribution is -0.0770. The van der Waals surface area contributed by atoms with Crippen molar-refractivity contribution >= 4 is 0 Å². The molecular weight excluding hydrogens is 131 g/mol. The lowest BCUT2D eigenvalue weighted by atomic mass is 9.76. The second-order valence-electron chi connectivity index (χ2n) is 3.77. The Morgan fingerprint density at radius 2 is 1.70 bits per heavy atom. The molecule has 0 aliphatic heterocycles. The predicted molar refractivity (Wildman–Crippen MR) is 40.7 cm³/mol. The van der Waals surface area contributed by atoms with E-state index >= 15 is 0 Å². The summed E-state index contributed by atoms with van der Waals surface area (Å²) in [6.07, 6.45) is 0.465. The van der Waals surface area contributed by atoms with Gasteiger partial charge in [-0.15, -0.1) is 0 Å². The molecule has 0 aromatic heterocycles. The number of rotatable bonds is 2. The summed E-state index contributed by atoms with van der Waals surface area (Å²) >= 11 is 0. The minimum absolute atomic E-state index is 0.365. The van der Waals surface area contributed by atoms with E-state index < -0.39 is 12.3 Å². The maximum atomic E-state index is 12.3. The molecule has 1 atom stereocenters. The van der Waals surface area contributed by atoms with Crippen molar-refractivity contribution < 1.29 is 9.50 Å². The summed E-state index contributed by atoms with van der Waals surface area (Å²) < 4.78 is 12.3. The van der Waals surface area contributed by atoms with Gasteiger partial charge in [0.05, 0.1) is 5.60 Å². The third-order valence-corrected chi connectivity index (χ3v) is 2.20. The average Bonchev–Trinajstić information content (AvgIpc) is 1.84. The van der Waals surface area contributed by atoms with Gasteiger partial charge in [-0.05, 0) is 11.8 Å². The van der Waals surface area contributed by atoms with Crippen LogP contribution in [0.4, 0.5) is 4.39 Å². The van der Waals surface area contributed by atoms with Gasteiger partial charge in [-0.3, -0.25) is 0 Å². The molecule has 0 heterocycles. The molecule has 62 valence electrons. The molecule has 0 fully saturated rings. The topological polar surface area (TPSA) is 20.2 Å². The van der Waals surface area contributed by atoms with Crippen molar-refractivity contribution in [1.82, 2.24) is 0 Å². The van der Waals surface area contributed by atoms with Crippen molar-refractivity contribution in [3.63, 3.8) is 0 Å². The molecule has 0 aliphatic carbocycles. The van der Waals surface area contributed by atoms with Gasteiger partial charge in [0, 0.05) is 0 Å². The normalized spacial score (nSPS) is 18.6. The first kappa shape index (κ1) is 9.89. The lowest BCUT2D eigenvalue weighted by Crippen LogP contribution is -2.44. The van der Waals surface area contributed by atoms with Crippen LogP contribution in [0.2, 0.25) is 0 Å². The molecule has 0 saturated heterocycles. The van der Waals surface area contributed by atoms with Crippen LogP contribution in [0.25, 0.3) is 0 Å². The zero-order valence-corrected chi connectivity index (χ0v) is 7.24. The molecule has 10 heavy (non-hydrogen) atoms. The van der Waals surface area contributed by atoms with Crippen LogP contribution in [0.1, 0.15) is 34.1 Å². The van der Waals surface area contributed by atoms with Gasteiger partial charge in [0.1, 0.15) is 6.67 Å².